The Morgan fingerprint density at radius 2 is 1.92 bits per heavy atom. The lowest BCUT2D eigenvalue weighted by Crippen LogP contribution is -2.29. The summed E-state index contributed by atoms with van der Waals surface area (Å²) >= 11 is 0. The van der Waals surface area contributed by atoms with Crippen LogP contribution in [0.2, 0.25) is 0 Å². The molecule has 0 aliphatic heterocycles. The van der Waals surface area contributed by atoms with Crippen LogP contribution in [0.5, 0.6) is 11.5 Å². The van der Waals surface area contributed by atoms with E-state index in [-0.39, 0.29) is 23.6 Å². The van der Waals surface area contributed by atoms with E-state index in [9.17, 15) is 23.1 Å². The van der Waals surface area contributed by atoms with Gasteiger partial charge >= 0.3 is 12.3 Å². The van der Waals surface area contributed by atoms with Gasteiger partial charge in [-0.25, -0.2) is 4.98 Å². The molecule has 2 aromatic carbocycles. The molecule has 0 bridgehead atoms. The van der Waals surface area contributed by atoms with Crippen LogP contribution in [0.25, 0.3) is 11.0 Å². The predicted octanol–water partition coefficient (Wildman–Crippen LogP) is 6.70. The van der Waals surface area contributed by atoms with Crippen LogP contribution in [-0.2, 0) is 11.2 Å². The first kappa shape index (κ1) is 25.7. The van der Waals surface area contributed by atoms with Gasteiger partial charge in [-0.2, -0.15) is 0 Å². The molecule has 1 saturated carbocycles. The highest BCUT2D eigenvalue weighted by Crippen LogP contribution is 2.46. The maximum Gasteiger partial charge on any atom is 0.573 e. The van der Waals surface area contributed by atoms with Crippen LogP contribution in [-0.4, -0.2) is 34.1 Å². The molecule has 36 heavy (non-hydrogen) atoms. The number of anilines is 2. The highest BCUT2D eigenvalue weighted by Gasteiger charge is 2.35. The van der Waals surface area contributed by atoms with Gasteiger partial charge in [-0.15, -0.1) is 13.2 Å². The highest BCUT2D eigenvalue weighted by molar-refractivity contribution is 5.84. The number of halogens is 3. The van der Waals surface area contributed by atoms with Crippen LogP contribution in [0.15, 0.2) is 36.4 Å². The number of aromatic nitrogens is 2. The normalized spacial score (nSPS) is 19.8. The summed E-state index contributed by atoms with van der Waals surface area (Å²) in [5.74, 6) is 0.186. The number of aliphatic carboxylic acids is 1. The lowest BCUT2D eigenvalue weighted by Gasteiger charge is -2.40. The molecule has 0 amide bonds. The van der Waals surface area contributed by atoms with Crippen molar-refractivity contribution >= 4 is 28.6 Å². The van der Waals surface area contributed by atoms with E-state index in [1.54, 1.807) is 6.07 Å². The lowest BCUT2D eigenvalue weighted by atomic mass is 9.70. The van der Waals surface area contributed by atoms with E-state index < -0.39 is 12.3 Å². The van der Waals surface area contributed by atoms with Crippen molar-refractivity contribution in [3.05, 3.63) is 42.0 Å². The zero-order valence-electron chi connectivity index (χ0n) is 20.6. The van der Waals surface area contributed by atoms with Crippen molar-refractivity contribution in [1.29, 1.82) is 0 Å². The minimum atomic E-state index is -4.76. The lowest BCUT2D eigenvalue weighted by molar-refractivity contribution is -0.274. The zero-order chi connectivity index (χ0) is 26.3. The Balaban J connectivity index is 1.78. The average Bonchev–Trinajstić information content (AvgIpc) is 3.08. The number of ether oxygens (including phenoxy) is 2. The van der Waals surface area contributed by atoms with Gasteiger partial charge in [0.2, 0.25) is 5.95 Å². The van der Waals surface area contributed by atoms with Gasteiger partial charge in [0.15, 0.2) is 0 Å². The van der Waals surface area contributed by atoms with Crippen molar-refractivity contribution in [2.24, 2.45) is 11.3 Å². The summed E-state index contributed by atoms with van der Waals surface area (Å²) in [5.41, 5.74) is 2.58. The Hall–Kier alpha value is -3.43. The molecule has 2 N–H and O–H groups in total. The molecule has 3 aromatic rings. The van der Waals surface area contributed by atoms with E-state index in [4.69, 9.17) is 9.72 Å². The van der Waals surface area contributed by atoms with Crippen molar-refractivity contribution in [2.45, 2.75) is 58.9 Å². The van der Waals surface area contributed by atoms with E-state index in [2.05, 4.69) is 35.4 Å². The molecule has 1 aliphatic carbocycles. The van der Waals surface area contributed by atoms with Crippen molar-refractivity contribution in [3.8, 4) is 11.5 Å². The number of carboxylic acids is 1. The molecule has 0 unspecified atom stereocenters. The summed E-state index contributed by atoms with van der Waals surface area (Å²) in [6.07, 6.45) is -2.02. The predicted molar refractivity (Wildman–Crippen MR) is 130 cm³/mol. The summed E-state index contributed by atoms with van der Waals surface area (Å²) in [4.78, 5) is 16.2. The van der Waals surface area contributed by atoms with Crippen LogP contribution in [0.1, 0.15) is 51.6 Å². The fraction of sp³-hybridized carbons (Fsp3) is 0.462. The minimum Gasteiger partial charge on any atom is -0.496 e. The molecular weight excluding hydrogens is 475 g/mol. The van der Waals surface area contributed by atoms with Gasteiger partial charge in [0, 0.05) is 23.4 Å². The number of hydrogen-bond donors (Lipinski definition) is 2. The summed E-state index contributed by atoms with van der Waals surface area (Å²) in [6, 6.07) is 9.12. The number of rotatable bonds is 7. The fourth-order valence-electron chi connectivity index (χ4n) is 5.48. The Bertz CT molecular complexity index is 1250. The summed E-state index contributed by atoms with van der Waals surface area (Å²) in [7, 11) is 1.50. The molecule has 1 aromatic heterocycles. The van der Waals surface area contributed by atoms with E-state index in [1.807, 2.05) is 6.07 Å². The summed E-state index contributed by atoms with van der Waals surface area (Å²) in [6.45, 7) is 6.71. The molecule has 0 saturated heterocycles. The molecule has 194 valence electrons. The third-order valence-electron chi connectivity index (χ3n) is 6.51. The zero-order valence-corrected chi connectivity index (χ0v) is 20.6. The number of nitrogens with zero attached hydrogens (tertiary/aromatic N) is 2. The molecule has 7 nitrogen and oxygen atoms in total. The molecule has 0 spiro atoms. The standard InChI is InChI=1S/C26H30F3N3O4/c1-15-9-18(14-25(2,3)13-15)32-21-12-22(35-4)16(11-23(33)34)10-20(21)31-24(32)30-17-5-7-19(8-6-17)36-26(27,28)29/h5-8,10,12,15,18H,9,11,13-14H2,1-4H3,(H,30,31)(H,33,34)/t15-,18-/m1/s1. The largest absolute Gasteiger partial charge is 0.573 e. The van der Waals surface area contributed by atoms with E-state index >= 15 is 0 Å². The molecule has 2 atom stereocenters. The van der Waals surface area contributed by atoms with Gasteiger partial charge in [0.1, 0.15) is 11.5 Å². The molecule has 1 aliphatic rings. The van der Waals surface area contributed by atoms with Crippen LogP contribution in [0.4, 0.5) is 24.8 Å². The third-order valence-corrected chi connectivity index (χ3v) is 6.51. The first-order valence-corrected chi connectivity index (χ1v) is 11.8. The van der Waals surface area contributed by atoms with Gasteiger partial charge < -0.3 is 24.5 Å². The number of benzene rings is 2. The van der Waals surface area contributed by atoms with Crippen LogP contribution >= 0.6 is 0 Å². The number of nitrogens with one attached hydrogen (secondary N) is 1. The Kier molecular flexibility index (Phi) is 6.81. The minimum absolute atomic E-state index is 0.110. The average molecular weight is 506 g/mol. The second-order valence-electron chi connectivity index (χ2n) is 10.3. The number of methoxy groups -OCH3 is 1. The maximum atomic E-state index is 12.5. The number of imidazole rings is 1. The number of carbonyl (C=O) groups is 1. The Morgan fingerprint density at radius 3 is 2.50 bits per heavy atom. The molecular formula is C26H30F3N3O4. The molecule has 4 rings (SSSR count). The quantitative estimate of drug-likeness (QED) is 0.372. The van der Waals surface area contributed by atoms with Gasteiger partial charge in [-0.3, -0.25) is 4.79 Å². The van der Waals surface area contributed by atoms with Crippen molar-refractivity contribution in [1.82, 2.24) is 9.55 Å². The van der Waals surface area contributed by atoms with Crippen LogP contribution in [0, 0.1) is 11.3 Å². The van der Waals surface area contributed by atoms with Crippen molar-refractivity contribution in [3.63, 3.8) is 0 Å². The second kappa shape index (κ2) is 9.55. The van der Waals surface area contributed by atoms with E-state index in [0.29, 0.717) is 34.4 Å². The summed E-state index contributed by atoms with van der Waals surface area (Å²) in [5, 5.41) is 12.6. The molecule has 0 radical (unpaired) electrons. The van der Waals surface area contributed by atoms with Gasteiger partial charge in [-0.1, -0.05) is 20.8 Å². The van der Waals surface area contributed by atoms with Gasteiger partial charge in [0.05, 0.1) is 24.6 Å². The molecule has 1 fully saturated rings. The van der Waals surface area contributed by atoms with Gasteiger partial charge in [-0.05, 0) is 60.9 Å². The SMILES string of the molecule is COc1cc2c(cc1CC(=O)O)nc(Nc1ccc(OC(F)(F)F)cc1)n2[C@@H]1C[C@@H](C)CC(C)(C)C1. The van der Waals surface area contributed by atoms with Gasteiger partial charge in [0.25, 0.3) is 0 Å². The highest BCUT2D eigenvalue weighted by atomic mass is 19.4. The second-order valence-corrected chi connectivity index (χ2v) is 10.3. The van der Waals surface area contributed by atoms with E-state index in [0.717, 1.165) is 24.8 Å². The van der Waals surface area contributed by atoms with Crippen molar-refractivity contribution < 1.29 is 32.5 Å². The Labute approximate surface area is 207 Å². The number of carboxylic acid groups (broad SMARTS) is 1. The first-order valence-electron chi connectivity index (χ1n) is 11.8. The number of alkyl halides is 3. The number of hydrogen-bond acceptors (Lipinski definition) is 5. The first-order chi connectivity index (χ1) is 16.8. The number of fused-ring (bicyclic) bond motifs is 1. The van der Waals surface area contributed by atoms with Crippen molar-refractivity contribution in [2.75, 3.05) is 12.4 Å². The monoisotopic (exact) mass is 505 g/mol. The third kappa shape index (κ3) is 5.85. The summed E-state index contributed by atoms with van der Waals surface area (Å²) < 4.78 is 49.2. The maximum absolute atomic E-state index is 12.5. The Morgan fingerprint density at radius 1 is 1.22 bits per heavy atom. The smallest absolute Gasteiger partial charge is 0.496 e. The van der Waals surface area contributed by atoms with E-state index in [1.165, 1.54) is 31.4 Å². The fourth-order valence-corrected chi connectivity index (χ4v) is 5.48. The van der Waals surface area contributed by atoms with Crippen LogP contribution in [0.3, 0.4) is 0 Å². The molecule has 1 heterocycles. The topological polar surface area (TPSA) is 85.6 Å². The van der Waals surface area contributed by atoms with Crippen LogP contribution < -0.4 is 14.8 Å². The molecule has 10 heteroatoms.